The van der Waals surface area contributed by atoms with Crippen LogP contribution < -0.4 is 5.73 Å². The number of nitrogens with zero attached hydrogens (tertiary/aromatic N) is 2. The van der Waals surface area contributed by atoms with Crippen molar-refractivity contribution >= 4 is 11.2 Å². The van der Waals surface area contributed by atoms with Crippen LogP contribution in [0.15, 0.2) is 24.4 Å². The van der Waals surface area contributed by atoms with E-state index in [1.165, 1.54) is 10.6 Å². The van der Waals surface area contributed by atoms with Crippen LogP contribution in [0, 0.1) is 0 Å². The molecular weight excluding hydrogens is 142 g/mol. The summed E-state index contributed by atoms with van der Waals surface area (Å²) in [5, 5.41) is 13.1. The molecule has 4 heteroatoms. The van der Waals surface area contributed by atoms with Crippen molar-refractivity contribution in [3.63, 3.8) is 0 Å². The fraction of sp³-hybridized carbons (Fsp3) is 0. The van der Waals surface area contributed by atoms with E-state index in [0.29, 0.717) is 5.69 Å². The molecule has 0 amide bonds. The lowest BCUT2D eigenvalue weighted by Crippen LogP contribution is -1.92. The number of anilines is 1. The van der Waals surface area contributed by atoms with Gasteiger partial charge in [-0.1, -0.05) is 0 Å². The molecule has 0 saturated heterocycles. The third kappa shape index (κ3) is 0.724. The predicted molar refractivity (Wildman–Crippen MR) is 41.3 cm³/mol. The predicted octanol–water partition coefficient (Wildman–Crippen LogP) is 0.622. The molecule has 4 nitrogen and oxygen atoms in total. The highest BCUT2D eigenvalue weighted by Gasteiger charge is 2.00. The van der Waals surface area contributed by atoms with E-state index in [1.807, 2.05) is 0 Å². The molecule has 0 radical (unpaired) electrons. The summed E-state index contributed by atoms with van der Waals surface area (Å²) in [6, 6.07) is 4.90. The normalized spacial score (nSPS) is 10.5. The molecule has 0 aliphatic rings. The Balaban J connectivity index is 2.96. The van der Waals surface area contributed by atoms with Gasteiger partial charge >= 0.3 is 0 Å². The molecule has 0 fully saturated rings. The first-order valence-corrected chi connectivity index (χ1v) is 3.20. The Morgan fingerprint density at radius 2 is 2.18 bits per heavy atom. The van der Waals surface area contributed by atoms with Gasteiger partial charge in [-0.05, 0) is 12.1 Å². The van der Waals surface area contributed by atoms with Crippen LogP contribution in [0.4, 0.5) is 5.69 Å². The van der Waals surface area contributed by atoms with Gasteiger partial charge < -0.3 is 10.8 Å². The maximum Gasteiger partial charge on any atom is 0.212 e. The molecule has 0 aromatic carbocycles. The molecule has 2 aromatic rings. The summed E-state index contributed by atoms with van der Waals surface area (Å²) < 4.78 is 1.38. The highest BCUT2D eigenvalue weighted by atomic mass is 16.3. The third-order valence-corrected chi connectivity index (χ3v) is 1.57. The van der Waals surface area contributed by atoms with Crippen LogP contribution in [0.2, 0.25) is 0 Å². The van der Waals surface area contributed by atoms with Crippen LogP contribution in [0.3, 0.4) is 0 Å². The van der Waals surface area contributed by atoms with Gasteiger partial charge in [0.05, 0.1) is 17.4 Å². The topological polar surface area (TPSA) is 63.5 Å². The second-order valence-electron chi connectivity index (χ2n) is 2.28. The quantitative estimate of drug-likeness (QED) is 0.577. The summed E-state index contributed by atoms with van der Waals surface area (Å²) in [5.74, 6) is 0.0965. The first kappa shape index (κ1) is 6.03. The highest BCUT2D eigenvalue weighted by Crippen LogP contribution is 2.17. The minimum Gasteiger partial charge on any atom is -0.493 e. The van der Waals surface area contributed by atoms with Crippen molar-refractivity contribution in [3.05, 3.63) is 24.4 Å². The van der Waals surface area contributed by atoms with E-state index in [-0.39, 0.29) is 5.88 Å². The molecule has 0 unspecified atom stereocenters. The Morgan fingerprint density at radius 1 is 1.36 bits per heavy atom. The molecule has 2 aromatic heterocycles. The fourth-order valence-corrected chi connectivity index (χ4v) is 1.02. The van der Waals surface area contributed by atoms with Gasteiger partial charge in [-0.3, -0.25) is 0 Å². The molecule has 0 aliphatic carbocycles. The summed E-state index contributed by atoms with van der Waals surface area (Å²) in [6.07, 6.45) is 1.59. The smallest absolute Gasteiger partial charge is 0.212 e. The first-order valence-electron chi connectivity index (χ1n) is 3.20. The SMILES string of the molecule is Nc1ccc(O)n2nccc12. The van der Waals surface area contributed by atoms with E-state index in [1.54, 1.807) is 18.3 Å². The van der Waals surface area contributed by atoms with E-state index < -0.39 is 0 Å². The molecule has 0 atom stereocenters. The Labute approximate surface area is 62.9 Å². The van der Waals surface area contributed by atoms with Crippen molar-refractivity contribution in [1.29, 1.82) is 0 Å². The number of aromatic hydroxyl groups is 1. The van der Waals surface area contributed by atoms with Crippen molar-refractivity contribution in [2.45, 2.75) is 0 Å². The zero-order valence-electron chi connectivity index (χ0n) is 5.73. The molecule has 0 bridgehead atoms. The zero-order chi connectivity index (χ0) is 7.84. The molecular formula is C7H7N3O. The number of hydrogen-bond donors (Lipinski definition) is 2. The molecule has 2 heterocycles. The Hall–Kier alpha value is -1.71. The van der Waals surface area contributed by atoms with Crippen LogP contribution in [0.5, 0.6) is 5.88 Å². The number of pyridine rings is 1. The number of nitrogen functional groups attached to an aromatic ring is 1. The Kier molecular flexibility index (Phi) is 1.03. The summed E-state index contributed by atoms with van der Waals surface area (Å²) in [4.78, 5) is 0. The van der Waals surface area contributed by atoms with E-state index in [9.17, 15) is 5.11 Å². The first-order chi connectivity index (χ1) is 5.29. The van der Waals surface area contributed by atoms with Crippen molar-refractivity contribution in [1.82, 2.24) is 9.61 Å². The number of fused-ring (bicyclic) bond motifs is 1. The van der Waals surface area contributed by atoms with E-state index in [4.69, 9.17) is 5.73 Å². The molecule has 0 spiro atoms. The lowest BCUT2D eigenvalue weighted by Gasteiger charge is -1.98. The monoisotopic (exact) mass is 149 g/mol. The van der Waals surface area contributed by atoms with Crippen LogP contribution in [-0.2, 0) is 0 Å². The molecule has 2 rings (SSSR count). The van der Waals surface area contributed by atoms with E-state index >= 15 is 0 Å². The van der Waals surface area contributed by atoms with Gasteiger partial charge in [0.15, 0.2) is 0 Å². The molecule has 0 saturated carbocycles. The van der Waals surface area contributed by atoms with Gasteiger partial charge in [0.25, 0.3) is 0 Å². The summed E-state index contributed by atoms with van der Waals surface area (Å²) in [6.45, 7) is 0. The third-order valence-electron chi connectivity index (χ3n) is 1.57. The van der Waals surface area contributed by atoms with Crippen molar-refractivity contribution in [2.75, 3.05) is 5.73 Å². The van der Waals surface area contributed by atoms with Crippen molar-refractivity contribution in [2.24, 2.45) is 0 Å². The number of rotatable bonds is 0. The van der Waals surface area contributed by atoms with Gasteiger partial charge in [0, 0.05) is 6.07 Å². The minimum atomic E-state index is 0.0965. The zero-order valence-corrected chi connectivity index (χ0v) is 5.73. The number of hydrogen-bond acceptors (Lipinski definition) is 3. The van der Waals surface area contributed by atoms with Crippen LogP contribution in [0.1, 0.15) is 0 Å². The highest BCUT2D eigenvalue weighted by molar-refractivity contribution is 5.69. The fourth-order valence-electron chi connectivity index (χ4n) is 1.02. The summed E-state index contributed by atoms with van der Waals surface area (Å²) >= 11 is 0. The minimum absolute atomic E-state index is 0.0965. The number of aromatic nitrogens is 2. The summed E-state index contributed by atoms with van der Waals surface area (Å²) in [7, 11) is 0. The lowest BCUT2D eigenvalue weighted by atomic mass is 10.3. The average Bonchev–Trinajstić information content (AvgIpc) is 2.45. The van der Waals surface area contributed by atoms with Crippen LogP contribution >= 0.6 is 0 Å². The lowest BCUT2D eigenvalue weighted by molar-refractivity contribution is 0.437. The van der Waals surface area contributed by atoms with Gasteiger partial charge in [0.1, 0.15) is 0 Å². The van der Waals surface area contributed by atoms with Crippen molar-refractivity contribution in [3.8, 4) is 5.88 Å². The Bertz CT molecular complexity index is 357. The molecule has 11 heavy (non-hydrogen) atoms. The standard InChI is InChI=1S/C7H7N3O/c8-5-1-2-7(11)10-6(5)3-4-9-10/h1-4,11H,8H2. The number of nitrogens with two attached hydrogens (primary N) is 1. The van der Waals surface area contributed by atoms with E-state index in [2.05, 4.69) is 5.10 Å². The molecule has 56 valence electrons. The Morgan fingerprint density at radius 3 is 2.91 bits per heavy atom. The average molecular weight is 149 g/mol. The van der Waals surface area contributed by atoms with Gasteiger partial charge in [-0.15, -0.1) is 0 Å². The van der Waals surface area contributed by atoms with E-state index in [0.717, 1.165) is 5.52 Å². The summed E-state index contributed by atoms with van der Waals surface area (Å²) in [5.41, 5.74) is 6.94. The maximum atomic E-state index is 9.23. The van der Waals surface area contributed by atoms with Gasteiger partial charge in [-0.2, -0.15) is 9.61 Å². The van der Waals surface area contributed by atoms with Crippen LogP contribution in [-0.4, -0.2) is 14.7 Å². The van der Waals surface area contributed by atoms with Gasteiger partial charge in [0.2, 0.25) is 5.88 Å². The van der Waals surface area contributed by atoms with Gasteiger partial charge in [-0.25, -0.2) is 0 Å². The molecule has 3 N–H and O–H groups in total. The van der Waals surface area contributed by atoms with Crippen molar-refractivity contribution < 1.29 is 5.11 Å². The maximum absolute atomic E-state index is 9.23. The largest absolute Gasteiger partial charge is 0.493 e. The molecule has 0 aliphatic heterocycles. The second kappa shape index (κ2) is 1.88. The van der Waals surface area contributed by atoms with Crippen LogP contribution in [0.25, 0.3) is 5.52 Å². The second-order valence-corrected chi connectivity index (χ2v) is 2.28.